The first-order valence-corrected chi connectivity index (χ1v) is 7.27. The van der Waals surface area contributed by atoms with Crippen LogP contribution < -0.4 is 5.32 Å². The summed E-state index contributed by atoms with van der Waals surface area (Å²) >= 11 is 2.05. The number of hydrogen-bond donors (Lipinski definition) is 1. The maximum absolute atomic E-state index is 3.75. The predicted molar refractivity (Wildman–Crippen MR) is 67.1 cm³/mol. The molecule has 0 saturated heterocycles. The molecule has 2 heteroatoms. The van der Waals surface area contributed by atoms with Gasteiger partial charge in [0, 0.05) is 17.3 Å². The molecule has 0 amide bonds. The van der Waals surface area contributed by atoms with E-state index in [-0.39, 0.29) is 0 Å². The van der Waals surface area contributed by atoms with Crippen molar-refractivity contribution < 1.29 is 0 Å². The van der Waals surface area contributed by atoms with Crippen molar-refractivity contribution in [1.29, 1.82) is 0 Å². The number of hydrogen-bond acceptors (Lipinski definition) is 2. The predicted octanol–water partition coefficient (Wildman–Crippen LogP) is 3.44. The van der Waals surface area contributed by atoms with Crippen LogP contribution in [0.1, 0.15) is 52.4 Å². The van der Waals surface area contributed by atoms with Crippen LogP contribution in [0.15, 0.2) is 0 Å². The zero-order chi connectivity index (χ0) is 10.4. The first-order chi connectivity index (χ1) is 6.76. The molecule has 0 heterocycles. The fourth-order valence-electron chi connectivity index (χ4n) is 1.97. The van der Waals surface area contributed by atoms with Crippen LogP contribution in [0.3, 0.4) is 0 Å². The van der Waals surface area contributed by atoms with Crippen molar-refractivity contribution in [2.45, 2.75) is 63.2 Å². The number of nitrogens with one attached hydrogen (secondary N) is 1. The van der Waals surface area contributed by atoms with Crippen molar-refractivity contribution in [1.82, 2.24) is 5.32 Å². The molecule has 1 fully saturated rings. The molecule has 1 rings (SSSR count). The summed E-state index contributed by atoms with van der Waals surface area (Å²) in [5.41, 5.74) is 0. The van der Waals surface area contributed by atoms with E-state index in [1.807, 2.05) is 0 Å². The lowest BCUT2D eigenvalue weighted by atomic mass is 10.1. The molecule has 0 aromatic heterocycles. The molecule has 0 aromatic rings. The van der Waals surface area contributed by atoms with E-state index in [0.717, 1.165) is 6.04 Å². The average Bonchev–Trinajstić information content (AvgIpc) is 2.96. The molecule has 1 nitrogen and oxygen atoms in total. The van der Waals surface area contributed by atoms with Crippen molar-refractivity contribution in [2.75, 3.05) is 12.8 Å². The molecule has 84 valence electrons. The van der Waals surface area contributed by atoms with Crippen molar-refractivity contribution >= 4 is 11.8 Å². The highest BCUT2D eigenvalue weighted by molar-refractivity contribution is 8.00. The van der Waals surface area contributed by atoms with Crippen LogP contribution in [0, 0.1) is 0 Å². The van der Waals surface area contributed by atoms with Crippen molar-refractivity contribution in [3.05, 3.63) is 0 Å². The molecule has 1 aliphatic carbocycles. The molecule has 0 bridgehead atoms. The highest BCUT2D eigenvalue weighted by Gasteiger charge is 2.41. The molecule has 1 aliphatic rings. The monoisotopic (exact) mass is 215 g/mol. The third-order valence-corrected chi connectivity index (χ3v) is 4.65. The van der Waals surface area contributed by atoms with Gasteiger partial charge in [-0.3, -0.25) is 0 Å². The summed E-state index contributed by atoms with van der Waals surface area (Å²) in [6.45, 7) is 5.80. The summed E-state index contributed by atoms with van der Waals surface area (Å²) in [5, 5.41) is 3.75. The quantitative estimate of drug-likeness (QED) is 0.665. The standard InChI is InChI=1S/C12H25NS/c1-4-6-11(7-5-2)13-10-12(14-3)8-9-12/h11,13H,4-10H2,1-3H3. The Labute approximate surface area is 93.4 Å². The van der Waals surface area contributed by atoms with E-state index in [1.54, 1.807) is 0 Å². The summed E-state index contributed by atoms with van der Waals surface area (Å²) < 4.78 is 0.625. The number of thioether (sulfide) groups is 1. The molecular formula is C12H25NS. The molecule has 0 aromatic carbocycles. The van der Waals surface area contributed by atoms with E-state index in [2.05, 4.69) is 37.2 Å². The van der Waals surface area contributed by atoms with Gasteiger partial charge in [-0.05, 0) is 31.9 Å². The Morgan fingerprint density at radius 3 is 2.14 bits per heavy atom. The van der Waals surface area contributed by atoms with E-state index < -0.39 is 0 Å². The third kappa shape index (κ3) is 3.82. The Morgan fingerprint density at radius 1 is 1.21 bits per heavy atom. The smallest absolute Gasteiger partial charge is 0.0282 e. The van der Waals surface area contributed by atoms with Crippen molar-refractivity contribution in [3.8, 4) is 0 Å². The maximum Gasteiger partial charge on any atom is 0.0282 e. The van der Waals surface area contributed by atoms with Gasteiger partial charge < -0.3 is 5.32 Å². The fourth-order valence-corrected chi connectivity index (χ4v) is 2.71. The lowest BCUT2D eigenvalue weighted by Gasteiger charge is -2.21. The minimum absolute atomic E-state index is 0.625. The summed E-state index contributed by atoms with van der Waals surface area (Å²) in [6.07, 6.45) is 10.4. The molecule has 0 aliphatic heterocycles. The molecule has 0 unspecified atom stereocenters. The van der Waals surface area contributed by atoms with Crippen LogP contribution in [0.5, 0.6) is 0 Å². The van der Waals surface area contributed by atoms with Gasteiger partial charge in [0.1, 0.15) is 0 Å². The Balaban J connectivity index is 2.18. The second kappa shape index (κ2) is 6.02. The SMILES string of the molecule is CCCC(CCC)NCC1(SC)CC1. The van der Waals surface area contributed by atoms with Crippen LogP contribution in [0.2, 0.25) is 0 Å². The van der Waals surface area contributed by atoms with Crippen LogP contribution in [-0.4, -0.2) is 23.6 Å². The Morgan fingerprint density at radius 2 is 1.79 bits per heavy atom. The van der Waals surface area contributed by atoms with Gasteiger partial charge >= 0.3 is 0 Å². The summed E-state index contributed by atoms with van der Waals surface area (Å²) in [4.78, 5) is 0. The van der Waals surface area contributed by atoms with Gasteiger partial charge in [0.15, 0.2) is 0 Å². The van der Waals surface area contributed by atoms with Crippen molar-refractivity contribution in [3.63, 3.8) is 0 Å². The molecule has 0 atom stereocenters. The van der Waals surface area contributed by atoms with Gasteiger partial charge in [0.05, 0.1) is 0 Å². The minimum atomic E-state index is 0.625. The largest absolute Gasteiger partial charge is 0.313 e. The van der Waals surface area contributed by atoms with E-state index >= 15 is 0 Å². The molecule has 1 N–H and O–H groups in total. The maximum atomic E-state index is 3.75. The Kier molecular flexibility index (Phi) is 5.32. The second-order valence-electron chi connectivity index (χ2n) is 4.54. The zero-order valence-electron chi connectivity index (χ0n) is 9.94. The lowest BCUT2D eigenvalue weighted by Crippen LogP contribution is -2.35. The van der Waals surface area contributed by atoms with E-state index in [0.29, 0.717) is 4.75 Å². The molecule has 1 saturated carbocycles. The molecule has 14 heavy (non-hydrogen) atoms. The Bertz CT molecular complexity index is 148. The fraction of sp³-hybridized carbons (Fsp3) is 1.00. The summed E-state index contributed by atoms with van der Waals surface area (Å²) in [7, 11) is 0. The highest BCUT2D eigenvalue weighted by Crippen LogP contribution is 2.46. The average molecular weight is 215 g/mol. The van der Waals surface area contributed by atoms with Crippen LogP contribution in [0.25, 0.3) is 0 Å². The summed E-state index contributed by atoms with van der Waals surface area (Å²) in [5.74, 6) is 0. The lowest BCUT2D eigenvalue weighted by molar-refractivity contribution is 0.442. The van der Waals surface area contributed by atoms with Gasteiger partial charge in [-0.25, -0.2) is 0 Å². The molecule has 0 spiro atoms. The summed E-state index contributed by atoms with van der Waals surface area (Å²) in [6, 6.07) is 0.773. The Hall–Kier alpha value is 0.310. The van der Waals surface area contributed by atoms with Crippen molar-refractivity contribution in [2.24, 2.45) is 0 Å². The second-order valence-corrected chi connectivity index (χ2v) is 5.82. The van der Waals surface area contributed by atoms with Gasteiger partial charge in [-0.2, -0.15) is 11.8 Å². The van der Waals surface area contributed by atoms with Crippen LogP contribution in [0.4, 0.5) is 0 Å². The van der Waals surface area contributed by atoms with E-state index in [9.17, 15) is 0 Å². The van der Waals surface area contributed by atoms with Crippen LogP contribution in [-0.2, 0) is 0 Å². The third-order valence-electron chi connectivity index (χ3n) is 3.23. The van der Waals surface area contributed by atoms with Gasteiger partial charge in [-0.15, -0.1) is 0 Å². The van der Waals surface area contributed by atoms with E-state index in [1.165, 1.54) is 45.1 Å². The van der Waals surface area contributed by atoms with Gasteiger partial charge in [0.2, 0.25) is 0 Å². The van der Waals surface area contributed by atoms with Gasteiger partial charge in [0.25, 0.3) is 0 Å². The van der Waals surface area contributed by atoms with Gasteiger partial charge in [-0.1, -0.05) is 26.7 Å². The molecular weight excluding hydrogens is 190 g/mol. The molecule has 0 radical (unpaired) electrons. The minimum Gasteiger partial charge on any atom is -0.313 e. The van der Waals surface area contributed by atoms with Crippen LogP contribution >= 0.6 is 11.8 Å². The zero-order valence-corrected chi connectivity index (χ0v) is 10.8. The van der Waals surface area contributed by atoms with E-state index in [4.69, 9.17) is 0 Å². The highest BCUT2D eigenvalue weighted by atomic mass is 32.2. The normalized spacial score (nSPS) is 18.9. The first kappa shape index (κ1) is 12.4. The first-order valence-electron chi connectivity index (χ1n) is 6.05. The number of rotatable bonds is 8. The topological polar surface area (TPSA) is 12.0 Å².